The van der Waals surface area contributed by atoms with Crippen molar-refractivity contribution >= 4 is 23.3 Å². The third kappa shape index (κ3) is 5.34. The molecule has 3 aromatic rings. The molecular weight excluding hydrogens is 464 g/mol. The van der Waals surface area contributed by atoms with Crippen LogP contribution in [0.15, 0.2) is 48.7 Å². The van der Waals surface area contributed by atoms with Crippen LogP contribution in [0.5, 0.6) is 0 Å². The number of carbonyl (C=O) groups is 1. The second-order valence-corrected chi connectivity index (χ2v) is 9.90. The summed E-state index contributed by atoms with van der Waals surface area (Å²) in [5.41, 5.74) is 5.11. The third-order valence-corrected chi connectivity index (χ3v) is 7.59. The van der Waals surface area contributed by atoms with Crippen LogP contribution in [0.2, 0.25) is 5.02 Å². The minimum absolute atomic E-state index is 0.0519. The maximum atomic E-state index is 11.7. The number of carboxylic acids is 1. The van der Waals surface area contributed by atoms with Gasteiger partial charge in [0, 0.05) is 55.9 Å². The monoisotopic (exact) mass is 494 g/mol. The molecular formula is C26H31ClN6O2. The Kier molecular flexibility index (Phi) is 7.04. The van der Waals surface area contributed by atoms with Crippen molar-refractivity contribution in [1.29, 1.82) is 0 Å². The zero-order valence-corrected chi connectivity index (χ0v) is 20.7. The zero-order valence-electron chi connectivity index (χ0n) is 19.9. The number of aliphatic carboxylic acids is 1. The highest BCUT2D eigenvalue weighted by atomic mass is 35.5. The van der Waals surface area contributed by atoms with Crippen LogP contribution in [-0.4, -0.2) is 70.2 Å². The van der Waals surface area contributed by atoms with Crippen molar-refractivity contribution < 1.29 is 9.90 Å². The Morgan fingerprint density at radius 3 is 2.74 bits per heavy atom. The predicted molar refractivity (Wildman–Crippen MR) is 136 cm³/mol. The first kappa shape index (κ1) is 23.8. The Balaban J connectivity index is 1.22. The Labute approximate surface area is 210 Å². The predicted octanol–water partition coefficient (Wildman–Crippen LogP) is 3.33. The zero-order chi connectivity index (χ0) is 24.4. The van der Waals surface area contributed by atoms with Gasteiger partial charge in [-0.2, -0.15) is 0 Å². The van der Waals surface area contributed by atoms with E-state index < -0.39 is 5.97 Å². The Bertz CT molecular complexity index is 1190. The number of nitrogens with one attached hydrogen (secondary N) is 1. The first-order valence-corrected chi connectivity index (χ1v) is 12.5. The summed E-state index contributed by atoms with van der Waals surface area (Å²) < 4.78 is 1.79. The van der Waals surface area contributed by atoms with E-state index in [0.717, 1.165) is 66.8 Å². The van der Waals surface area contributed by atoms with E-state index in [1.807, 2.05) is 43.5 Å². The fourth-order valence-electron chi connectivity index (χ4n) is 5.07. The number of halogens is 1. The lowest BCUT2D eigenvalue weighted by molar-refractivity contribution is -0.143. The summed E-state index contributed by atoms with van der Waals surface area (Å²) in [6.07, 6.45) is 2.61. The fraction of sp³-hybridized carbons (Fsp3) is 0.423. The number of carboxylic acid groups (broad SMARTS) is 1. The molecule has 0 amide bonds. The molecule has 2 unspecified atom stereocenters. The number of anilines is 1. The highest BCUT2D eigenvalue weighted by Gasteiger charge is 2.32. The van der Waals surface area contributed by atoms with Gasteiger partial charge in [0.25, 0.3) is 0 Å². The van der Waals surface area contributed by atoms with Crippen molar-refractivity contribution in [3.05, 3.63) is 70.5 Å². The van der Waals surface area contributed by atoms with Gasteiger partial charge in [0.2, 0.25) is 0 Å². The maximum Gasteiger partial charge on any atom is 0.307 e. The summed E-state index contributed by atoms with van der Waals surface area (Å²) in [5.74, 6) is -1.15. The largest absolute Gasteiger partial charge is 0.481 e. The van der Waals surface area contributed by atoms with Crippen molar-refractivity contribution in [3.63, 3.8) is 0 Å². The molecule has 2 aromatic carbocycles. The van der Waals surface area contributed by atoms with Crippen molar-refractivity contribution in [2.45, 2.75) is 25.8 Å². The number of piperazine rings is 1. The average molecular weight is 495 g/mol. The Morgan fingerprint density at radius 1 is 1.14 bits per heavy atom. The molecule has 2 saturated heterocycles. The van der Waals surface area contributed by atoms with Crippen LogP contribution in [0.25, 0.3) is 5.69 Å². The lowest BCUT2D eigenvalue weighted by Crippen LogP contribution is -2.46. The van der Waals surface area contributed by atoms with Gasteiger partial charge in [0.1, 0.15) is 0 Å². The van der Waals surface area contributed by atoms with Gasteiger partial charge in [-0.15, -0.1) is 5.10 Å². The van der Waals surface area contributed by atoms with E-state index >= 15 is 0 Å². The van der Waals surface area contributed by atoms with E-state index in [2.05, 4.69) is 37.6 Å². The number of hydrogen-bond donors (Lipinski definition) is 2. The van der Waals surface area contributed by atoms with Crippen molar-refractivity contribution in [2.75, 3.05) is 44.2 Å². The summed E-state index contributed by atoms with van der Waals surface area (Å²) >= 11 is 6.31. The van der Waals surface area contributed by atoms with Gasteiger partial charge in [-0.1, -0.05) is 35.0 Å². The van der Waals surface area contributed by atoms with Crippen molar-refractivity contribution in [1.82, 2.24) is 25.2 Å². The van der Waals surface area contributed by atoms with Crippen LogP contribution in [0.4, 0.5) is 5.69 Å². The minimum atomic E-state index is -0.726. The number of hydrogen-bond acceptors (Lipinski definition) is 6. The van der Waals surface area contributed by atoms with Crippen LogP contribution in [0.1, 0.15) is 29.2 Å². The number of aromatic nitrogens is 3. The molecule has 0 aliphatic carbocycles. The molecule has 8 nitrogen and oxygen atoms in total. The highest BCUT2D eigenvalue weighted by molar-refractivity contribution is 6.31. The number of piperidine rings is 1. The molecule has 184 valence electrons. The molecule has 2 N–H and O–H groups in total. The smallest absolute Gasteiger partial charge is 0.307 e. The van der Waals surface area contributed by atoms with Gasteiger partial charge >= 0.3 is 5.97 Å². The molecule has 0 saturated carbocycles. The van der Waals surface area contributed by atoms with Crippen LogP contribution >= 0.6 is 11.6 Å². The standard InChI is InChI=1S/C26H31ClN6O2/c1-18-5-6-21(14-25(18)27)32-11-9-31(10-12-32)16-20-17-33(30-29-20)22-4-2-3-19(13-22)24-15-28-8-7-23(24)26(34)35/h2-6,13-14,17,23-24,28H,7-12,15-16H2,1H3,(H,34,35). The first-order chi connectivity index (χ1) is 17.0. The highest BCUT2D eigenvalue weighted by Crippen LogP contribution is 2.31. The molecule has 0 bridgehead atoms. The van der Waals surface area contributed by atoms with Gasteiger partial charge in [-0.05, 0) is 55.3 Å². The van der Waals surface area contributed by atoms with Crippen LogP contribution in [-0.2, 0) is 11.3 Å². The fourth-order valence-corrected chi connectivity index (χ4v) is 5.25. The van der Waals surface area contributed by atoms with Crippen LogP contribution in [0.3, 0.4) is 0 Å². The molecule has 2 atom stereocenters. The average Bonchev–Trinajstić information content (AvgIpc) is 3.35. The van der Waals surface area contributed by atoms with Crippen molar-refractivity contribution in [2.24, 2.45) is 5.92 Å². The number of aryl methyl sites for hydroxylation is 1. The third-order valence-electron chi connectivity index (χ3n) is 7.18. The van der Waals surface area contributed by atoms with E-state index in [4.69, 9.17) is 11.6 Å². The quantitative estimate of drug-likeness (QED) is 0.543. The second-order valence-electron chi connectivity index (χ2n) is 9.49. The summed E-state index contributed by atoms with van der Waals surface area (Å²) in [7, 11) is 0. The normalized spacial score (nSPS) is 21.3. The topological polar surface area (TPSA) is 86.5 Å². The lowest BCUT2D eigenvalue weighted by atomic mass is 9.81. The summed E-state index contributed by atoms with van der Waals surface area (Å²) in [6.45, 7) is 7.95. The van der Waals surface area contributed by atoms with Crippen LogP contribution < -0.4 is 10.2 Å². The number of nitrogens with zero attached hydrogens (tertiary/aromatic N) is 5. The number of benzene rings is 2. The Morgan fingerprint density at radius 2 is 1.97 bits per heavy atom. The molecule has 0 radical (unpaired) electrons. The molecule has 9 heteroatoms. The summed E-state index contributed by atoms with van der Waals surface area (Å²) in [4.78, 5) is 16.5. The molecule has 2 fully saturated rings. The van der Waals surface area contributed by atoms with Crippen molar-refractivity contribution in [3.8, 4) is 5.69 Å². The molecule has 1 aromatic heterocycles. The van der Waals surface area contributed by atoms with E-state index in [-0.39, 0.29) is 11.8 Å². The van der Waals surface area contributed by atoms with Gasteiger partial charge in [-0.25, -0.2) is 4.68 Å². The van der Waals surface area contributed by atoms with E-state index in [9.17, 15) is 9.90 Å². The minimum Gasteiger partial charge on any atom is -0.481 e. The van der Waals surface area contributed by atoms with E-state index in [1.165, 1.54) is 5.69 Å². The summed E-state index contributed by atoms with van der Waals surface area (Å²) in [5, 5.41) is 22.6. The van der Waals surface area contributed by atoms with Gasteiger partial charge < -0.3 is 15.3 Å². The Hall–Kier alpha value is -2.94. The first-order valence-electron chi connectivity index (χ1n) is 12.2. The molecule has 35 heavy (non-hydrogen) atoms. The maximum absolute atomic E-state index is 11.7. The van der Waals surface area contributed by atoms with E-state index in [1.54, 1.807) is 4.68 Å². The molecule has 2 aliphatic heterocycles. The summed E-state index contributed by atoms with van der Waals surface area (Å²) in [6, 6.07) is 14.3. The molecule has 5 rings (SSSR count). The SMILES string of the molecule is Cc1ccc(N2CCN(Cc3cn(-c4cccc(C5CNCCC5C(=O)O)c4)nn3)CC2)cc1Cl. The lowest BCUT2D eigenvalue weighted by Gasteiger charge is -2.35. The second kappa shape index (κ2) is 10.4. The molecule has 3 heterocycles. The number of rotatable bonds is 6. The molecule has 0 spiro atoms. The van der Waals surface area contributed by atoms with E-state index in [0.29, 0.717) is 13.0 Å². The van der Waals surface area contributed by atoms with Gasteiger partial charge in [0.15, 0.2) is 0 Å². The van der Waals surface area contributed by atoms with Gasteiger partial charge in [0.05, 0.1) is 23.5 Å². The van der Waals surface area contributed by atoms with Crippen LogP contribution in [0, 0.1) is 12.8 Å². The van der Waals surface area contributed by atoms with Gasteiger partial charge in [-0.3, -0.25) is 9.69 Å². The molecule has 2 aliphatic rings.